The van der Waals surface area contributed by atoms with Gasteiger partial charge in [-0.1, -0.05) is 31.9 Å². The molecule has 2 heterocycles. The number of halogens is 1. The van der Waals surface area contributed by atoms with Gasteiger partial charge in [0, 0.05) is 0 Å². The maximum absolute atomic E-state index is 13.5. The summed E-state index contributed by atoms with van der Waals surface area (Å²) in [5.41, 5.74) is 1.07. The van der Waals surface area contributed by atoms with Gasteiger partial charge in [0.05, 0.1) is 12.1 Å². The van der Waals surface area contributed by atoms with Crippen LogP contribution in [0.5, 0.6) is 0 Å². The van der Waals surface area contributed by atoms with Crippen molar-refractivity contribution in [1.29, 1.82) is 0 Å². The highest BCUT2D eigenvalue weighted by Crippen LogP contribution is 2.35. The smallest absolute Gasteiger partial charge is 0.173 e. The van der Waals surface area contributed by atoms with Crippen molar-refractivity contribution in [2.75, 3.05) is 13.1 Å². The van der Waals surface area contributed by atoms with Crippen LogP contribution in [0.1, 0.15) is 68.9 Å². The van der Waals surface area contributed by atoms with Crippen LogP contribution in [0, 0.1) is 11.7 Å². The van der Waals surface area contributed by atoms with Crippen LogP contribution in [0.15, 0.2) is 24.3 Å². The molecule has 2 fully saturated rings. The molecule has 1 aromatic carbocycles. The molecule has 1 atom stereocenters. The highest BCUT2D eigenvalue weighted by molar-refractivity contribution is 5.25. The number of aromatic nitrogens is 4. The van der Waals surface area contributed by atoms with Gasteiger partial charge in [-0.15, -0.1) is 5.10 Å². The summed E-state index contributed by atoms with van der Waals surface area (Å²) in [6.45, 7) is 4.37. The van der Waals surface area contributed by atoms with Gasteiger partial charge in [-0.25, -0.2) is 9.07 Å². The lowest BCUT2D eigenvalue weighted by atomic mass is 9.95. The summed E-state index contributed by atoms with van der Waals surface area (Å²) in [5.74, 6) is 1.47. The van der Waals surface area contributed by atoms with E-state index in [-0.39, 0.29) is 11.9 Å². The normalized spacial score (nSPS) is 21.7. The Morgan fingerprint density at radius 1 is 1.04 bits per heavy atom. The molecule has 1 aliphatic heterocycles. The first-order valence-electron chi connectivity index (χ1n) is 9.49. The molecule has 1 saturated heterocycles. The molecule has 1 aliphatic carbocycles. The van der Waals surface area contributed by atoms with Gasteiger partial charge in [0.2, 0.25) is 0 Å². The fraction of sp³-hybridized carbons (Fsp3) is 0.632. The summed E-state index contributed by atoms with van der Waals surface area (Å²) in [7, 11) is 0. The summed E-state index contributed by atoms with van der Waals surface area (Å²) >= 11 is 0. The standard InChI is InChI=1S/C19H26FN5/c1-14-10-12-24(13-11-14)18(15-6-8-16(20)9-7-15)19-21-22-23-25(19)17-4-2-3-5-17/h6-9,14,17-18H,2-5,10-13H2,1H3/t18-/m0/s1. The van der Waals surface area contributed by atoms with Crippen molar-refractivity contribution in [2.45, 2.75) is 57.5 Å². The molecule has 2 aromatic rings. The van der Waals surface area contributed by atoms with Gasteiger partial charge < -0.3 is 0 Å². The summed E-state index contributed by atoms with van der Waals surface area (Å²) in [6, 6.07) is 7.25. The summed E-state index contributed by atoms with van der Waals surface area (Å²) in [6.07, 6.45) is 7.14. The van der Waals surface area contributed by atoms with E-state index in [1.54, 1.807) is 12.1 Å². The van der Waals surface area contributed by atoms with Gasteiger partial charge in [-0.2, -0.15) is 0 Å². The third-order valence-corrected chi connectivity index (χ3v) is 5.80. The minimum absolute atomic E-state index is 0.00343. The number of hydrogen-bond donors (Lipinski definition) is 0. The molecule has 0 bridgehead atoms. The van der Waals surface area contributed by atoms with E-state index in [2.05, 4.69) is 27.3 Å². The van der Waals surface area contributed by atoms with E-state index in [0.29, 0.717) is 6.04 Å². The van der Waals surface area contributed by atoms with Crippen LogP contribution in [0.2, 0.25) is 0 Å². The minimum atomic E-state index is -0.204. The number of likely N-dealkylation sites (tertiary alicyclic amines) is 1. The van der Waals surface area contributed by atoms with Gasteiger partial charge in [0.25, 0.3) is 0 Å². The highest BCUT2D eigenvalue weighted by Gasteiger charge is 2.32. The van der Waals surface area contributed by atoms with Gasteiger partial charge in [-0.3, -0.25) is 4.90 Å². The zero-order valence-corrected chi connectivity index (χ0v) is 14.8. The van der Waals surface area contributed by atoms with E-state index < -0.39 is 0 Å². The maximum atomic E-state index is 13.5. The van der Waals surface area contributed by atoms with Crippen LogP contribution < -0.4 is 0 Å². The van der Waals surface area contributed by atoms with Crippen LogP contribution in [-0.2, 0) is 0 Å². The molecule has 0 N–H and O–H groups in total. The zero-order chi connectivity index (χ0) is 17.2. The van der Waals surface area contributed by atoms with Crippen molar-refractivity contribution in [3.8, 4) is 0 Å². The number of nitrogens with zero attached hydrogens (tertiary/aromatic N) is 5. The molecule has 5 nitrogen and oxygen atoms in total. The van der Waals surface area contributed by atoms with Crippen molar-refractivity contribution in [3.05, 3.63) is 41.5 Å². The largest absolute Gasteiger partial charge is 0.290 e. The lowest BCUT2D eigenvalue weighted by molar-refractivity contribution is 0.148. The fourth-order valence-corrected chi connectivity index (χ4v) is 4.24. The molecular formula is C19H26FN5. The summed E-state index contributed by atoms with van der Waals surface area (Å²) < 4.78 is 15.5. The third kappa shape index (κ3) is 3.45. The van der Waals surface area contributed by atoms with Crippen molar-refractivity contribution in [3.63, 3.8) is 0 Å². The Labute approximate surface area is 148 Å². The number of hydrogen-bond acceptors (Lipinski definition) is 4. The van der Waals surface area contributed by atoms with Crippen molar-refractivity contribution < 1.29 is 4.39 Å². The van der Waals surface area contributed by atoms with Gasteiger partial charge in [-0.05, 0) is 72.8 Å². The van der Waals surface area contributed by atoms with E-state index in [9.17, 15) is 4.39 Å². The first kappa shape index (κ1) is 16.6. The first-order valence-corrected chi connectivity index (χ1v) is 9.49. The predicted molar refractivity (Wildman–Crippen MR) is 93.5 cm³/mol. The number of benzene rings is 1. The third-order valence-electron chi connectivity index (χ3n) is 5.80. The van der Waals surface area contributed by atoms with E-state index in [1.165, 1.54) is 25.7 Å². The second kappa shape index (κ2) is 7.20. The summed E-state index contributed by atoms with van der Waals surface area (Å²) in [4.78, 5) is 2.46. The molecule has 0 amide bonds. The number of piperidine rings is 1. The molecule has 1 saturated carbocycles. The van der Waals surface area contributed by atoms with Gasteiger partial charge >= 0.3 is 0 Å². The Morgan fingerprint density at radius 3 is 2.40 bits per heavy atom. The zero-order valence-electron chi connectivity index (χ0n) is 14.8. The topological polar surface area (TPSA) is 46.8 Å². The Kier molecular flexibility index (Phi) is 4.79. The highest BCUT2D eigenvalue weighted by atomic mass is 19.1. The number of rotatable bonds is 4. The quantitative estimate of drug-likeness (QED) is 0.848. The molecular weight excluding hydrogens is 317 g/mol. The molecule has 1 aromatic heterocycles. The van der Waals surface area contributed by atoms with Crippen molar-refractivity contribution >= 4 is 0 Å². The molecule has 2 aliphatic rings. The van der Waals surface area contributed by atoms with Crippen LogP contribution >= 0.6 is 0 Å². The maximum Gasteiger partial charge on any atom is 0.173 e. The summed E-state index contributed by atoms with van der Waals surface area (Å²) in [5, 5.41) is 12.8. The number of tetrazole rings is 1. The Balaban J connectivity index is 1.70. The van der Waals surface area contributed by atoms with Gasteiger partial charge in [0.1, 0.15) is 5.82 Å². The van der Waals surface area contributed by atoms with Crippen LogP contribution in [0.25, 0.3) is 0 Å². The molecule has 0 radical (unpaired) electrons. The van der Waals surface area contributed by atoms with E-state index in [4.69, 9.17) is 0 Å². The van der Waals surface area contributed by atoms with Crippen LogP contribution in [-0.4, -0.2) is 38.2 Å². The van der Waals surface area contributed by atoms with E-state index in [0.717, 1.165) is 43.2 Å². The second-order valence-corrected chi connectivity index (χ2v) is 7.59. The molecule has 4 rings (SSSR count). The molecule has 134 valence electrons. The minimum Gasteiger partial charge on any atom is -0.290 e. The Hall–Kier alpha value is -1.82. The Bertz CT molecular complexity index is 684. The second-order valence-electron chi connectivity index (χ2n) is 7.59. The molecule has 0 unspecified atom stereocenters. The lowest BCUT2D eigenvalue weighted by Gasteiger charge is -2.36. The molecule has 0 spiro atoms. The SMILES string of the molecule is CC1CCN([C@@H](c2ccc(F)cc2)c2nnnn2C2CCCC2)CC1. The fourth-order valence-electron chi connectivity index (χ4n) is 4.24. The molecule has 6 heteroatoms. The van der Waals surface area contributed by atoms with Crippen LogP contribution in [0.4, 0.5) is 4.39 Å². The monoisotopic (exact) mass is 343 g/mol. The Morgan fingerprint density at radius 2 is 1.72 bits per heavy atom. The van der Waals surface area contributed by atoms with Gasteiger partial charge in [0.15, 0.2) is 5.82 Å². The van der Waals surface area contributed by atoms with Crippen molar-refractivity contribution in [1.82, 2.24) is 25.1 Å². The molecule has 25 heavy (non-hydrogen) atoms. The lowest BCUT2D eigenvalue weighted by Crippen LogP contribution is -2.38. The predicted octanol–water partition coefficient (Wildman–Crippen LogP) is 3.75. The first-order chi connectivity index (χ1) is 12.2. The van der Waals surface area contributed by atoms with Crippen LogP contribution in [0.3, 0.4) is 0 Å². The average Bonchev–Trinajstić information content (AvgIpc) is 3.30. The van der Waals surface area contributed by atoms with Crippen molar-refractivity contribution in [2.24, 2.45) is 5.92 Å². The average molecular weight is 343 g/mol. The van der Waals surface area contributed by atoms with E-state index >= 15 is 0 Å². The van der Waals surface area contributed by atoms with E-state index in [1.807, 2.05) is 16.8 Å².